The van der Waals surface area contributed by atoms with E-state index in [9.17, 15) is 8.42 Å². The first-order valence-corrected chi connectivity index (χ1v) is 7.96. The molecule has 1 fully saturated rings. The largest absolute Gasteiger partial charge is 0.337 e. The molecule has 1 N–H and O–H groups in total. The number of imidazole rings is 1. The molecule has 2 rings (SSSR count). The third-order valence-corrected chi connectivity index (χ3v) is 5.33. The van der Waals surface area contributed by atoms with Gasteiger partial charge in [-0.05, 0) is 25.7 Å². The normalized spacial score (nSPS) is 24.6. The molecule has 7 heteroatoms. The molecular weight excluding hydrogens is 274 g/mol. The highest BCUT2D eigenvalue weighted by Gasteiger charge is 2.27. The highest BCUT2D eigenvalue weighted by Crippen LogP contribution is 2.29. The minimum absolute atomic E-state index is 0.0756. The van der Waals surface area contributed by atoms with Crippen LogP contribution in [-0.4, -0.2) is 29.9 Å². The van der Waals surface area contributed by atoms with Crippen LogP contribution in [-0.2, 0) is 17.1 Å². The standard InChI is InChI=1S/C11H18ClN3O2S/c1-8-14-11(7-15(8)2)18(16,17)13-6-9-4-3-5-10(9)12/h7,9-10,13H,3-6H2,1-2H3. The Morgan fingerprint density at radius 3 is 2.78 bits per heavy atom. The van der Waals surface area contributed by atoms with Gasteiger partial charge in [-0.25, -0.2) is 18.1 Å². The van der Waals surface area contributed by atoms with Crippen molar-refractivity contribution in [1.29, 1.82) is 0 Å². The van der Waals surface area contributed by atoms with Gasteiger partial charge in [-0.3, -0.25) is 0 Å². The number of sulfonamides is 1. The first-order chi connectivity index (χ1) is 8.40. The molecule has 2 atom stereocenters. The van der Waals surface area contributed by atoms with Crippen molar-refractivity contribution >= 4 is 21.6 Å². The summed E-state index contributed by atoms with van der Waals surface area (Å²) < 4.78 is 28.4. The molecule has 0 bridgehead atoms. The van der Waals surface area contributed by atoms with E-state index >= 15 is 0 Å². The SMILES string of the molecule is Cc1nc(S(=O)(=O)NCC2CCCC2Cl)cn1C. The van der Waals surface area contributed by atoms with Crippen molar-refractivity contribution < 1.29 is 8.42 Å². The second-order valence-electron chi connectivity index (χ2n) is 4.80. The number of nitrogens with zero attached hydrogens (tertiary/aromatic N) is 2. The van der Waals surface area contributed by atoms with Gasteiger partial charge in [-0.2, -0.15) is 0 Å². The third-order valence-electron chi connectivity index (χ3n) is 3.46. The average Bonchev–Trinajstić information content (AvgIpc) is 2.84. The monoisotopic (exact) mass is 291 g/mol. The summed E-state index contributed by atoms with van der Waals surface area (Å²) in [7, 11) is -1.74. The molecule has 1 aliphatic carbocycles. The lowest BCUT2D eigenvalue weighted by Gasteiger charge is -2.13. The lowest BCUT2D eigenvalue weighted by atomic mass is 10.1. The molecule has 1 aromatic heterocycles. The van der Waals surface area contributed by atoms with Crippen LogP contribution in [0, 0.1) is 12.8 Å². The highest BCUT2D eigenvalue weighted by atomic mass is 35.5. The summed E-state index contributed by atoms with van der Waals surface area (Å²) in [5, 5.41) is 0.157. The minimum Gasteiger partial charge on any atom is -0.337 e. The van der Waals surface area contributed by atoms with Gasteiger partial charge in [0, 0.05) is 25.2 Å². The fraction of sp³-hybridized carbons (Fsp3) is 0.727. The molecule has 1 heterocycles. The van der Waals surface area contributed by atoms with Crippen LogP contribution >= 0.6 is 11.6 Å². The number of nitrogens with one attached hydrogen (secondary N) is 1. The van der Waals surface area contributed by atoms with Gasteiger partial charge in [0.2, 0.25) is 0 Å². The molecule has 102 valence electrons. The summed E-state index contributed by atoms with van der Waals surface area (Å²) in [6.45, 7) is 2.16. The molecule has 1 saturated carbocycles. The number of hydrogen-bond acceptors (Lipinski definition) is 3. The third kappa shape index (κ3) is 2.87. The van der Waals surface area contributed by atoms with Crippen LogP contribution < -0.4 is 4.72 Å². The quantitative estimate of drug-likeness (QED) is 0.853. The van der Waals surface area contributed by atoms with Crippen LogP contribution in [0.5, 0.6) is 0 Å². The molecule has 18 heavy (non-hydrogen) atoms. The van der Waals surface area contributed by atoms with Crippen LogP contribution in [0.15, 0.2) is 11.2 Å². The number of aryl methyl sites for hydroxylation is 2. The summed E-state index contributed by atoms with van der Waals surface area (Å²) in [5.74, 6) is 0.901. The molecule has 0 aromatic carbocycles. The van der Waals surface area contributed by atoms with Crippen molar-refractivity contribution in [3.05, 3.63) is 12.0 Å². The van der Waals surface area contributed by atoms with Gasteiger partial charge >= 0.3 is 0 Å². The van der Waals surface area contributed by atoms with Gasteiger partial charge in [0.1, 0.15) is 5.82 Å². The van der Waals surface area contributed by atoms with Crippen molar-refractivity contribution in [2.45, 2.75) is 36.6 Å². The lowest BCUT2D eigenvalue weighted by Crippen LogP contribution is -2.31. The zero-order valence-electron chi connectivity index (χ0n) is 10.6. The Bertz CT molecular complexity index is 507. The second kappa shape index (κ2) is 5.19. The smallest absolute Gasteiger partial charge is 0.259 e. The van der Waals surface area contributed by atoms with Gasteiger partial charge < -0.3 is 4.57 Å². The van der Waals surface area contributed by atoms with Crippen LogP contribution in [0.25, 0.3) is 0 Å². The van der Waals surface area contributed by atoms with Crippen LogP contribution in [0.4, 0.5) is 0 Å². The first-order valence-electron chi connectivity index (χ1n) is 6.04. The van der Waals surface area contributed by atoms with Crippen molar-refractivity contribution in [1.82, 2.24) is 14.3 Å². The number of rotatable bonds is 4. The van der Waals surface area contributed by atoms with Gasteiger partial charge in [0.25, 0.3) is 10.0 Å². The van der Waals surface area contributed by atoms with E-state index in [1.54, 1.807) is 18.5 Å². The molecule has 5 nitrogen and oxygen atoms in total. The van der Waals surface area contributed by atoms with Crippen LogP contribution in [0.3, 0.4) is 0 Å². The molecule has 0 spiro atoms. The maximum absolute atomic E-state index is 12.0. The van der Waals surface area contributed by atoms with Gasteiger partial charge in [0.05, 0.1) is 0 Å². The highest BCUT2D eigenvalue weighted by molar-refractivity contribution is 7.89. The van der Waals surface area contributed by atoms with E-state index in [1.165, 1.54) is 6.20 Å². The summed E-state index contributed by atoms with van der Waals surface area (Å²) in [6.07, 6.45) is 4.54. The molecule has 1 aliphatic rings. The number of alkyl halides is 1. The molecule has 1 aromatic rings. The van der Waals surface area contributed by atoms with E-state index in [0.29, 0.717) is 12.4 Å². The zero-order valence-corrected chi connectivity index (χ0v) is 12.1. The van der Waals surface area contributed by atoms with E-state index in [-0.39, 0.29) is 16.3 Å². The first kappa shape index (κ1) is 13.8. The predicted molar refractivity (Wildman–Crippen MR) is 70.1 cm³/mol. The summed E-state index contributed by atoms with van der Waals surface area (Å²) in [6, 6.07) is 0. The molecule has 2 unspecified atom stereocenters. The summed E-state index contributed by atoms with van der Waals surface area (Å²) in [5.41, 5.74) is 0. The molecule has 0 saturated heterocycles. The van der Waals surface area contributed by atoms with Crippen LogP contribution in [0.1, 0.15) is 25.1 Å². The molecule has 0 amide bonds. The second-order valence-corrected chi connectivity index (χ2v) is 7.07. The van der Waals surface area contributed by atoms with Gasteiger partial charge in [0.15, 0.2) is 5.03 Å². The number of aromatic nitrogens is 2. The molecular formula is C11H18ClN3O2S. The predicted octanol–water partition coefficient (Wildman–Crippen LogP) is 1.41. The summed E-state index contributed by atoms with van der Waals surface area (Å²) in [4.78, 5) is 4.03. The Kier molecular flexibility index (Phi) is 3.99. The molecule has 0 aliphatic heterocycles. The Morgan fingerprint density at radius 1 is 1.56 bits per heavy atom. The summed E-state index contributed by atoms with van der Waals surface area (Å²) >= 11 is 6.13. The maximum atomic E-state index is 12.0. The Balaban J connectivity index is 2.03. The van der Waals surface area contributed by atoms with Crippen molar-refractivity contribution in [2.75, 3.05) is 6.54 Å². The Labute approximate surface area is 113 Å². The fourth-order valence-electron chi connectivity index (χ4n) is 2.17. The maximum Gasteiger partial charge on any atom is 0.259 e. The lowest BCUT2D eigenvalue weighted by molar-refractivity contribution is 0.522. The van der Waals surface area contributed by atoms with Gasteiger partial charge in [-0.15, -0.1) is 11.6 Å². The van der Waals surface area contributed by atoms with Crippen molar-refractivity contribution in [3.63, 3.8) is 0 Å². The van der Waals surface area contributed by atoms with Crippen molar-refractivity contribution in [3.8, 4) is 0 Å². The van der Waals surface area contributed by atoms with Gasteiger partial charge in [-0.1, -0.05) is 6.42 Å². The number of halogens is 1. The Morgan fingerprint density at radius 2 is 2.28 bits per heavy atom. The van der Waals surface area contributed by atoms with E-state index in [2.05, 4.69) is 9.71 Å². The zero-order chi connectivity index (χ0) is 13.3. The van der Waals surface area contributed by atoms with Crippen LogP contribution in [0.2, 0.25) is 0 Å². The molecule has 0 radical (unpaired) electrons. The van der Waals surface area contributed by atoms with E-state index in [1.807, 2.05) is 0 Å². The van der Waals surface area contributed by atoms with Crippen molar-refractivity contribution in [2.24, 2.45) is 13.0 Å². The minimum atomic E-state index is -3.51. The number of hydrogen-bond donors (Lipinski definition) is 1. The van der Waals surface area contributed by atoms with E-state index < -0.39 is 10.0 Å². The topological polar surface area (TPSA) is 64.0 Å². The Hall–Kier alpha value is -0.590. The fourth-order valence-corrected chi connectivity index (χ4v) is 3.67. The van der Waals surface area contributed by atoms with E-state index in [4.69, 9.17) is 11.6 Å². The average molecular weight is 292 g/mol. The van der Waals surface area contributed by atoms with E-state index in [0.717, 1.165) is 19.3 Å².